The number of benzene rings is 2. The third kappa shape index (κ3) is 3.42. The molecule has 0 spiro atoms. The zero-order valence-electron chi connectivity index (χ0n) is 13.3. The van der Waals surface area contributed by atoms with E-state index >= 15 is 0 Å². The zero-order valence-corrected chi connectivity index (χ0v) is 13.3. The van der Waals surface area contributed by atoms with Crippen LogP contribution in [0.4, 0.5) is 13.2 Å². The first kappa shape index (κ1) is 17.6. The van der Waals surface area contributed by atoms with Crippen LogP contribution in [0, 0.1) is 17.5 Å². The van der Waals surface area contributed by atoms with Crippen molar-refractivity contribution in [3.05, 3.63) is 59.4 Å². The van der Waals surface area contributed by atoms with Crippen molar-refractivity contribution < 1.29 is 27.4 Å². The highest BCUT2D eigenvalue weighted by atomic mass is 19.2. The van der Waals surface area contributed by atoms with Gasteiger partial charge in [0.05, 0.1) is 14.2 Å². The fraction of sp³-hybridized carbons (Fsp3) is 0.167. The van der Waals surface area contributed by atoms with Crippen LogP contribution in [0.25, 0.3) is 16.7 Å². The summed E-state index contributed by atoms with van der Waals surface area (Å²) in [6.07, 6.45) is 1.27. The van der Waals surface area contributed by atoms with E-state index in [2.05, 4.69) is 4.74 Å². The van der Waals surface area contributed by atoms with E-state index in [1.807, 2.05) is 0 Å². The molecule has 0 aromatic heterocycles. The number of rotatable bonds is 4. The molecule has 0 aliphatic heterocycles. The van der Waals surface area contributed by atoms with E-state index < -0.39 is 23.4 Å². The van der Waals surface area contributed by atoms with Gasteiger partial charge in [0, 0.05) is 17.2 Å². The number of carbonyl (C=O) groups is 1. The van der Waals surface area contributed by atoms with Gasteiger partial charge in [-0.1, -0.05) is 6.07 Å². The monoisotopic (exact) mass is 336 g/mol. The molecule has 6 heteroatoms. The lowest BCUT2D eigenvalue weighted by Gasteiger charge is -2.13. The van der Waals surface area contributed by atoms with E-state index in [9.17, 15) is 18.0 Å². The van der Waals surface area contributed by atoms with Gasteiger partial charge in [-0.25, -0.2) is 18.0 Å². The minimum absolute atomic E-state index is 0.140. The molecule has 0 unspecified atom stereocenters. The highest BCUT2D eigenvalue weighted by Gasteiger charge is 2.18. The van der Waals surface area contributed by atoms with Gasteiger partial charge in [0.1, 0.15) is 5.75 Å². The highest BCUT2D eigenvalue weighted by Crippen LogP contribution is 2.35. The van der Waals surface area contributed by atoms with Gasteiger partial charge in [0.15, 0.2) is 17.5 Å². The number of ether oxygens (including phenoxy) is 2. The molecule has 0 amide bonds. The van der Waals surface area contributed by atoms with Gasteiger partial charge in [-0.2, -0.15) is 0 Å². The van der Waals surface area contributed by atoms with Gasteiger partial charge < -0.3 is 9.47 Å². The van der Waals surface area contributed by atoms with Crippen molar-refractivity contribution in [2.45, 2.75) is 6.92 Å². The predicted octanol–water partition coefficient (Wildman–Crippen LogP) is 4.36. The highest BCUT2D eigenvalue weighted by molar-refractivity contribution is 5.91. The van der Waals surface area contributed by atoms with Crippen LogP contribution < -0.4 is 4.74 Å². The molecule has 0 aliphatic rings. The molecule has 0 N–H and O–H groups in total. The van der Waals surface area contributed by atoms with E-state index in [4.69, 9.17) is 4.74 Å². The average Bonchev–Trinajstić information content (AvgIpc) is 2.59. The first-order valence-corrected chi connectivity index (χ1v) is 6.97. The van der Waals surface area contributed by atoms with Gasteiger partial charge in [-0.05, 0) is 42.3 Å². The van der Waals surface area contributed by atoms with E-state index in [1.165, 1.54) is 26.4 Å². The van der Waals surface area contributed by atoms with E-state index in [-0.39, 0.29) is 16.9 Å². The van der Waals surface area contributed by atoms with Gasteiger partial charge in [-0.15, -0.1) is 0 Å². The Labute approximate surface area is 137 Å². The van der Waals surface area contributed by atoms with Crippen molar-refractivity contribution in [3.63, 3.8) is 0 Å². The first-order chi connectivity index (χ1) is 11.4. The number of hydrogen-bond acceptors (Lipinski definition) is 3. The van der Waals surface area contributed by atoms with Crippen molar-refractivity contribution in [1.29, 1.82) is 0 Å². The Morgan fingerprint density at radius 1 is 1.00 bits per heavy atom. The predicted molar refractivity (Wildman–Crippen MR) is 84.0 cm³/mol. The molecule has 0 saturated carbocycles. The van der Waals surface area contributed by atoms with Crippen molar-refractivity contribution in [1.82, 2.24) is 0 Å². The van der Waals surface area contributed by atoms with E-state index in [1.54, 1.807) is 19.1 Å². The molecule has 3 nitrogen and oxygen atoms in total. The Hall–Kier alpha value is -2.76. The third-order valence-electron chi connectivity index (χ3n) is 3.52. The summed E-state index contributed by atoms with van der Waals surface area (Å²) >= 11 is 0. The number of esters is 1. The normalized spacial score (nSPS) is 11.3. The van der Waals surface area contributed by atoms with Gasteiger partial charge >= 0.3 is 5.97 Å². The minimum Gasteiger partial charge on any atom is -0.496 e. The molecule has 2 rings (SSSR count). The minimum atomic E-state index is -1.55. The largest absolute Gasteiger partial charge is 0.496 e. The second-order valence-corrected chi connectivity index (χ2v) is 4.99. The van der Waals surface area contributed by atoms with Crippen molar-refractivity contribution in [2.75, 3.05) is 14.2 Å². The summed E-state index contributed by atoms with van der Waals surface area (Å²) in [5, 5.41) is 0. The summed E-state index contributed by atoms with van der Waals surface area (Å²) in [5.41, 5.74) is 1.25. The molecule has 0 aliphatic carbocycles. The van der Waals surface area contributed by atoms with E-state index in [0.29, 0.717) is 11.1 Å². The van der Waals surface area contributed by atoms with Crippen molar-refractivity contribution >= 4 is 11.5 Å². The zero-order chi connectivity index (χ0) is 17.9. The summed E-state index contributed by atoms with van der Waals surface area (Å²) in [5.74, 6) is -4.38. The van der Waals surface area contributed by atoms with Gasteiger partial charge in [-0.3, -0.25) is 0 Å². The smallest absolute Gasteiger partial charge is 0.330 e. The summed E-state index contributed by atoms with van der Waals surface area (Å²) in [6, 6.07) is 6.73. The SMILES string of the molecule is COC(=O)/C=C(\C)c1ccc(OC)c(-c2ccc(F)c(F)c2F)c1. The molecule has 0 saturated heterocycles. The average molecular weight is 336 g/mol. The quantitative estimate of drug-likeness (QED) is 0.473. The van der Waals surface area contributed by atoms with Crippen LogP contribution in [0.3, 0.4) is 0 Å². The first-order valence-electron chi connectivity index (χ1n) is 6.97. The van der Waals surface area contributed by atoms with Gasteiger partial charge in [0.2, 0.25) is 0 Å². The number of allylic oxidation sites excluding steroid dienone is 1. The Kier molecular flexibility index (Phi) is 5.28. The summed E-state index contributed by atoms with van der Waals surface area (Å²) in [6.45, 7) is 1.67. The third-order valence-corrected chi connectivity index (χ3v) is 3.52. The lowest BCUT2D eigenvalue weighted by atomic mass is 9.98. The topological polar surface area (TPSA) is 35.5 Å². The molecule has 126 valence electrons. The summed E-state index contributed by atoms with van der Waals surface area (Å²) in [4.78, 5) is 11.3. The van der Waals surface area contributed by atoms with Crippen molar-refractivity contribution in [3.8, 4) is 16.9 Å². The fourth-order valence-corrected chi connectivity index (χ4v) is 2.22. The molecule has 24 heavy (non-hydrogen) atoms. The molecular weight excluding hydrogens is 321 g/mol. The maximum Gasteiger partial charge on any atom is 0.330 e. The Morgan fingerprint density at radius 2 is 1.71 bits per heavy atom. The second-order valence-electron chi connectivity index (χ2n) is 4.99. The van der Waals surface area contributed by atoms with Crippen molar-refractivity contribution in [2.24, 2.45) is 0 Å². The van der Waals surface area contributed by atoms with Crippen LogP contribution in [-0.4, -0.2) is 20.2 Å². The number of halogens is 3. The summed E-state index contributed by atoms with van der Waals surface area (Å²) in [7, 11) is 2.63. The standard InChI is InChI=1S/C18H15F3O3/c1-10(8-16(22)24-3)11-4-7-15(23-2)13(9-11)12-5-6-14(19)18(21)17(12)20/h4-9H,1-3H3/b10-8+. The second kappa shape index (κ2) is 7.21. The van der Waals surface area contributed by atoms with Crippen LogP contribution in [0.2, 0.25) is 0 Å². The lowest BCUT2D eigenvalue weighted by Crippen LogP contribution is -1.98. The van der Waals surface area contributed by atoms with Crippen LogP contribution >= 0.6 is 0 Å². The Bertz CT molecular complexity index is 813. The molecule has 2 aromatic rings. The van der Waals surface area contributed by atoms with Crippen LogP contribution in [0.5, 0.6) is 5.75 Å². The van der Waals surface area contributed by atoms with Crippen LogP contribution in [0.1, 0.15) is 12.5 Å². The molecule has 0 fully saturated rings. The molecule has 0 heterocycles. The number of hydrogen-bond donors (Lipinski definition) is 0. The maximum atomic E-state index is 14.1. The molecule has 2 aromatic carbocycles. The van der Waals surface area contributed by atoms with Crippen LogP contribution in [0.15, 0.2) is 36.4 Å². The van der Waals surface area contributed by atoms with Crippen LogP contribution in [-0.2, 0) is 9.53 Å². The molecule has 0 radical (unpaired) electrons. The van der Waals surface area contributed by atoms with E-state index in [0.717, 1.165) is 12.1 Å². The molecule has 0 atom stereocenters. The molecular formula is C18H15F3O3. The Balaban J connectivity index is 2.62. The molecule has 0 bridgehead atoms. The Morgan fingerprint density at radius 3 is 2.33 bits per heavy atom. The lowest BCUT2D eigenvalue weighted by molar-refractivity contribution is -0.134. The van der Waals surface area contributed by atoms with Gasteiger partial charge in [0.25, 0.3) is 0 Å². The summed E-state index contributed by atoms with van der Waals surface area (Å²) < 4.78 is 50.5. The maximum absolute atomic E-state index is 14.1. The number of carbonyl (C=O) groups excluding carboxylic acids is 1. The fourth-order valence-electron chi connectivity index (χ4n) is 2.22. The number of methoxy groups -OCH3 is 2.